The summed E-state index contributed by atoms with van der Waals surface area (Å²) in [5, 5.41) is 2.92. The van der Waals surface area contributed by atoms with E-state index in [2.05, 4.69) is 5.32 Å². The smallest absolute Gasteiger partial charge is 0.224 e. The van der Waals surface area contributed by atoms with Gasteiger partial charge in [-0.2, -0.15) is 0 Å². The number of hydrogen-bond donors (Lipinski definition) is 2. The first-order valence-corrected chi connectivity index (χ1v) is 6.37. The van der Waals surface area contributed by atoms with Crippen molar-refractivity contribution in [1.82, 2.24) is 5.32 Å². The molecule has 0 spiro atoms. The first-order chi connectivity index (χ1) is 9.29. The molecule has 0 radical (unpaired) electrons. The Balaban J connectivity index is 1.91. The van der Waals surface area contributed by atoms with Crippen molar-refractivity contribution in [1.29, 1.82) is 0 Å². The Bertz CT molecular complexity index is 537. The molecule has 0 saturated heterocycles. The molecular weight excluding hydrogens is 236 g/mol. The second-order valence-electron chi connectivity index (χ2n) is 4.41. The zero-order valence-electron chi connectivity index (χ0n) is 10.8. The van der Waals surface area contributed by atoms with Gasteiger partial charge in [-0.15, -0.1) is 0 Å². The summed E-state index contributed by atoms with van der Waals surface area (Å²) in [5.74, 6) is 0.0183. The molecule has 98 valence electrons. The third kappa shape index (κ3) is 3.93. The molecule has 19 heavy (non-hydrogen) atoms. The van der Waals surface area contributed by atoms with Crippen molar-refractivity contribution in [2.24, 2.45) is 5.73 Å². The van der Waals surface area contributed by atoms with E-state index in [1.165, 1.54) is 0 Å². The van der Waals surface area contributed by atoms with Crippen LogP contribution in [0.15, 0.2) is 54.6 Å². The zero-order chi connectivity index (χ0) is 13.5. The molecule has 0 fully saturated rings. The van der Waals surface area contributed by atoms with Gasteiger partial charge in [0.25, 0.3) is 0 Å². The van der Waals surface area contributed by atoms with Gasteiger partial charge in [-0.05, 0) is 16.7 Å². The summed E-state index contributed by atoms with van der Waals surface area (Å²) < 4.78 is 0. The van der Waals surface area contributed by atoms with Crippen molar-refractivity contribution >= 4 is 5.91 Å². The van der Waals surface area contributed by atoms with E-state index < -0.39 is 0 Å². The Hall–Kier alpha value is -2.13. The Morgan fingerprint density at radius 1 is 0.947 bits per heavy atom. The standard InChI is InChI=1S/C16H18N2O/c17-11-15-9-5-4-8-14(15)10-16(19)18-12-13-6-2-1-3-7-13/h1-9H,10-12,17H2,(H,18,19). The van der Waals surface area contributed by atoms with Gasteiger partial charge in [-0.25, -0.2) is 0 Å². The summed E-state index contributed by atoms with van der Waals surface area (Å²) in [6.07, 6.45) is 0.375. The van der Waals surface area contributed by atoms with Crippen LogP contribution < -0.4 is 11.1 Å². The second kappa shape index (κ2) is 6.71. The van der Waals surface area contributed by atoms with Gasteiger partial charge in [0.2, 0.25) is 5.91 Å². The number of nitrogens with one attached hydrogen (secondary N) is 1. The van der Waals surface area contributed by atoms with Crippen LogP contribution in [0.2, 0.25) is 0 Å². The molecule has 2 aromatic rings. The van der Waals surface area contributed by atoms with Crippen LogP contribution in [0.4, 0.5) is 0 Å². The van der Waals surface area contributed by atoms with Gasteiger partial charge >= 0.3 is 0 Å². The van der Waals surface area contributed by atoms with Gasteiger partial charge in [0.15, 0.2) is 0 Å². The fraction of sp³-hybridized carbons (Fsp3) is 0.188. The van der Waals surface area contributed by atoms with E-state index in [0.29, 0.717) is 19.5 Å². The largest absolute Gasteiger partial charge is 0.352 e. The van der Waals surface area contributed by atoms with Crippen LogP contribution >= 0.6 is 0 Å². The highest BCUT2D eigenvalue weighted by molar-refractivity contribution is 5.78. The van der Waals surface area contributed by atoms with Crippen molar-refractivity contribution in [2.75, 3.05) is 0 Å². The molecular formula is C16H18N2O. The van der Waals surface area contributed by atoms with Crippen LogP contribution in [0.5, 0.6) is 0 Å². The highest BCUT2D eigenvalue weighted by Gasteiger charge is 2.06. The molecule has 0 heterocycles. The van der Waals surface area contributed by atoms with Crippen LogP contribution in [-0.4, -0.2) is 5.91 Å². The number of benzene rings is 2. The van der Waals surface area contributed by atoms with Crippen LogP contribution in [-0.2, 0) is 24.3 Å². The van der Waals surface area contributed by atoms with Crippen molar-refractivity contribution < 1.29 is 4.79 Å². The molecule has 3 N–H and O–H groups in total. The third-order valence-electron chi connectivity index (χ3n) is 3.02. The van der Waals surface area contributed by atoms with Gasteiger partial charge in [-0.3, -0.25) is 4.79 Å². The molecule has 0 saturated carbocycles. The second-order valence-corrected chi connectivity index (χ2v) is 4.41. The Kier molecular flexibility index (Phi) is 4.70. The lowest BCUT2D eigenvalue weighted by Crippen LogP contribution is -2.25. The normalized spacial score (nSPS) is 10.2. The Labute approximate surface area is 113 Å². The molecule has 3 heteroatoms. The van der Waals surface area contributed by atoms with Gasteiger partial charge in [0.1, 0.15) is 0 Å². The van der Waals surface area contributed by atoms with E-state index >= 15 is 0 Å². The predicted molar refractivity (Wildman–Crippen MR) is 76.3 cm³/mol. The lowest BCUT2D eigenvalue weighted by molar-refractivity contribution is -0.120. The highest BCUT2D eigenvalue weighted by Crippen LogP contribution is 2.08. The number of amides is 1. The minimum Gasteiger partial charge on any atom is -0.352 e. The molecule has 0 aliphatic rings. The lowest BCUT2D eigenvalue weighted by Gasteiger charge is -2.08. The molecule has 0 atom stereocenters. The molecule has 0 aliphatic heterocycles. The topological polar surface area (TPSA) is 55.1 Å². The molecule has 0 aromatic heterocycles. The van der Waals surface area contributed by atoms with Gasteiger partial charge in [0.05, 0.1) is 6.42 Å². The van der Waals surface area contributed by atoms with E-state index in [0.717, 1.165) is 16.7 Å². The van der Waals surface area contributed by atoms with Crippen LogP contribution in [0.1, 0.15) is 16.7 Å². The van der Waals surface area contributed by atoms with Gasteiger partial charge < -0.3 is 11.1 Å². The number of rotatable bonds is 5. The van der Waals surface area contributed by atoms with Crippen molar-refractivity contribution in [2.45, 2.75) is 19.5 Å². The SMILES string of the molecule is NCc1ccccc1CC(=O)NCc1ccccc1. The van der Waals surface area contributed by atoms with E-state index in [1.54, 1.807) is 0 Å². The maximum atomic E-state index is 11.9. The zero-order valence-corrected chi connectivity index (χ0v) is 10.8. The minimum atomic E-state index is 0.0183. The van der Waals surface area contributed by atoms with Crippen molar-refractivity contribution in [3.8, 4) is 0 Å². The van der Waals surface area contributed by atoms with Gasteiger partial charge in [-0.1, -0.05) is 54.6 Å². The average Bonchev–Trinajstić information content (AvgIpc) is 2.47. The third-order valence-corrected chi connectivity index (χ3v) is 3.02. The lowest BCUT2D eigenvalue weighted by atomic mass is 10.0. The van der Waals surface area contributed by atoms with E-state index in [-0.39, 0.29) is 5.91 Å². The quantitative estimate of drug-likeness (QED) is 0.857. The van der Waals surface area contributed by atoms with Crippen LogP contribution in [0.3, 0.4) is 0 Å². The highest BCUT2D eigenvalue weighted by atomic mass is 16.1. The fourth-order valence-corrected chi connectivity index (χ4v) is 1.96. The Morgan fingerprint density at radius 2 is 1.58 bits per heavy atom. The monoisotopic (exact) mass is 254 g/mol. The average molecular weight is 254 g/mol. The van der Waals surface area contributed by atoms with E-state index in [1.807, 2.05) is 54.6 Å². The molecule has 0 aliphatic carbocycles. The first-order valence-electron chi connectivity index (χ1n) is 6.37. The molecule has 2 aromatic carbocycles. The number of nitrogens with two attached hydrogens (primary N) is 1. The summed E-state index contributed by atoms with van der Waals surface area (Å²) in [4.78, 5) is 11.9. The first kappa shape index (κ1) is 13.3. The summed E-state index contributed by atoms with van der Waals surface area (Å²) in [7, 11) is 0. The molecule has 0 bridgehead atoms. The minimum absolute atomic E-state index is 0.0183. The van der Waals surface area contributed by atoms with Crippen LogP contribution in [0.25, 0.3) is 0 Å². The van der Waals surface area contributed by atoms with Gasteiger partial charge in [0, 0.05) is 13.1 Å². The summed E-state index contributed by atoms with van der Waals surface area (Å²) >= 11 is 0. The summed E-state index contributed by atoms with van der Waals surface area (Å²) in [6.45, 7) is 1.02. The fourth-order valence-electron chi connectivity index (χ4n) is 1.96. The number of carbonyl (C=O) groups is 1. The van der Waals surface area contributed by atoms with Crippen molar-refractivity contribution in [3.63, 3.8) is 0 Å². The van der Waals surface area contributed by atoms with Crippen molar-refractivity contribution in [3.05, 3.63) is 71.3 Å². The molecule has 0 unspecified atom stereocenters. The number of hydrogen-bond acceptors (Lipinski definition) is 2. The maximum Gasteiger partial charge on any atom is 0.224 e. The maximum absolute atomic E-state index is 11.9. The van der Waals surface area contributed by atoms with E-state index in [9.17, 15) is 4.79 Å². The molecule has 1 amide bonds. The van der Waals surface area contributed by atoms with Crippen LogP contribution in [0, 0.1) is 0 Å². The molecule has 3 nitrogen and oxygen atoms in total. The van der Waals surface area contributed by atoms with E-state index in [4.69, 9.17) is 5.73 Å². The Morgan fingerprint density at radius 3 is 2.26 bits per heavy atom. The predicted octanol–water partition coefficient (Wildman–Crippen LogP) is 2.00. The summed E-state index contributed by atoms with van der Waals surface area (Å²) in [6, 6.07) is 17.7. The number of carbonyl (C=O) groups excluding carboxylic acids is 1. The summed E-state index contributed by atoms with van der Waals surface area (Å²) in [5.41, 5.74) is 8.78. The molecule has 2 rings (SSSR count).